The zero-order valence-corrected chi connectivity index (χ0v) is 23.1. The first-order valence-corrected chi connectivity index (χ1v) is 15.5. The van der Waals surface area contributed by atoms with Gasteiger partial charge in [0.05, 0.1) is 0 Å². The molecule has 0 saturated carbocycles. The molecule has 0 unspecified atom stereocenters. The van der Waals surface area contributed by atoms with Gasteiger partial charge < -0.3 is 0 Å². The molecule has 0 bridgehead atoms. The van der Waals surface area contributed by atoms with Gasteiger partial charge in [-0.25, -0.2) is 0 Å². The van der Waals surface area contributed by atoms with Crippen LogP contribution in [0.15, 0.2) is 84.9 Å². The third-order valence-electron chi connectivity index (χ3n) is 5.53. The molecule has 0 amide bonds. The normalized spacial score (nSPS) is 11.3. The van der Waals surface area contributed by atoms with Gasteiger partial charge in [-0.2, -0.15) is 0 Å². The summed E-state index contributed by atoms with van der Waals surface area (Å²) in [5.41, 5.74) is -0.539. The van der Waals surface area contributed by atoms with E-state index in [9.17, 15) is 30.0 Å². The summed E-state index contributed by atoms with van der Waals surface area (Å²) in [6.07, 6.45) is 0. The van der Waals surface area contributed by atoms with E-state index in [0.29, 0.717) is 18.7 Å². The Balaban J connectivity index is 1.91. The molecule has 4 aromatic carbocycles. The maximum atomic E-state index is 13.5. The Kier molecular flexibility index (Phi) is 8.04. The molecule has 0 spiro atoms. The van der Waals surface area contributed by atoms with Crippen molar-refractivity contribution in [3.8, 4) is 34.5 Å². The van der Waals surface area contributed by atoms with Gasteiger partial charge in [0.15, 0.2) is 0 Å². The molecular formula is C28H24O10Te. The van der Waals surface area contributed by atoms with Crippen molar-refractivity contribution < 1.29 is 45.7 Å². The monoisotopic (exact) mass is 650 g/mol. The van der Waals surface area contributed by atoms with Gasteiger partial charge in [0.2, 0.25) is 0 Å². The molecule has 0 fully saturated rings. The number of carbonyl (C=O) groups excluding carboxylic acids is 2. The molecule has 39 heavy (non-hydrogen) atoms. The second-order valence-corrected chi connectivity index (χ2v) is 14.5. The van der Waals surface area contributed by atoms with Gasteiger partial charge in [0.25, 0.3) is 0 Å². The van der Waals surface area contributed by atoms with Crippen LogP contribution in [-0.4, -0.2) is 65.6 Å². The van der Waals surface area contributed by atoms with E-state index in [1.807, 2.05) is 0 Å². The Labute approximate surface area is 228 Å². The Bertz CT molecular complexity index is 1390. The summed E-state index contributed by atoms with van der Waals surface area (Å²) in [5.74, 6) is -2.64. The van der Waals surface area contributed by atoms with Gasteiger partial charge in [0.1, 0.15) is 0 Å². The van der Waals surface area contributed by atoms with Crippen LogP contribution < -0.4 is 16.7 Å². The van der Waals surface area contributed by atoms with E-state index in [-0.39, 0.29) is 22.6 Å². The van der Waals surface area contributed by atoms with Gasteiger partial charge in [0, 0.05) is 0 Å². The summed E-state index contributed by atoms with van der Waals surface area (Å²) in [5, 5.41) is 40.0. The van der Waals surface area contributed by atoms with E-state index in [0.717, 1.165) is 12.1 Å². The first-order chi connectivity index (χ1) is 18.7. The fourth-order valence-corrected chi connectivity index (χ4v) is 10.1. The summed E-state index contributed by atoms with van der Waals surface area (Å²) >= 11 is -5.11. The van der Waals surface area contributed by atoms with Crippen molar-refractivity contribution in [3.63, 3.8) is 0 Å². The Morgan fingerprint density at radius 2 is 0.923 bits per heavy atom. The number of phenols is 4. The van der Waals surface area contributed by atoms with Crippen molar-refractivity contribution in [3.05, 3.63) is 96.1 Å². The van der Waals surface area contributed by atoms with Gasteiger partial charge in [-0.05, 0) is 0 Å². The Morgan fingerprint density at radius 3 is 1.23 bits per heavy atom. The van der Waals surface area contributed by atoms with Gasteiger partial charge >= 0.3 is 229 Å². The average Bonchev–Trinajstić information content (AvgIpc) is 2.92. The molecule has 0 aromatic heterocycles. The van der Waals surface area contributed by atoms with Crippen LogP contribution in [0.5, 0.6) is 34.5 Å². The molecule has 0 atom stereocenters. The number of aromatic hydroxyl groups is 4. The second-order valence-electron chi connectivity index (χ2n) is 8.00. The van der Waals surface area contributed by atoms with E-state index in [1.165, 1.54) is 38.5 Å². The number of methoxy groups -OCH3 is 2. The number of benzene rings is 4. The SMILES string of the molecule is COc1ccc([Te](OC(=O)c2ccc(O)cc2O)(OC(=O)c2ccc(O)cc2O)c2ccc(OC)cc2)cc1. The molecule has 0 aliphatic rings. The first kappa shape index (κ1) is 27.4. The number of ether oxygens (including phenoxy) is 2. The summed E-state index contributed by atoms with van der Waals surface area (Å²) in [4.78, 5) is 27.0. The molecule has 0 heterocycles. The van der Waals surface area contributed by atoms with Crippen LogP contribution in [0.1, 0.15) is 20.7 Å². The second kappa shape index (κ2) is 11.4. The summed E-state index contributed by atoms with van der Waals surface area (Å²) < 4.78 is 23.4. The molecule has 0 radical (unpaired) electrons. The van der Waals surface area contributed by atoms with Crippen LogP contribution >= 0.6 is 0 Å². The fourth-order valence-electron chi connectivity index (χ4n) is 3.54. The summed E-state index contributed by atoms with van der Waals surface area (Å²) in [6.45, 7) is 0. The van der Waals surface area contributed by atoms with Crippen LogP contribution in [0.3, 0.4) is 0 Å². The standard InChI is InChI=1S/C28H24O10Te/c1-35-19-5-9-21(10-6-19)39(22-11-7-20(36-2)8-12-22,37-27(33)23-13-3-17(29)15-25(23)31)38-28(34)24-14-4-18(30)16-26(24)32/h3-16,29-32H,1-2H3. The molecule has 4 aromatic rings. The molecule has 0 aliphatic carbocycles. The van der Waals surface area contributed by atoms with Gasteiger partial charge in [-0.15, -0.1) is 0 Å². The number of carbonyl (C=O) groups is 2. The predicted molar refractivity (Wildman–Crippen MR) is 141 cm³/mol. The zero-order chi connectivity index (χ0) is 28.2. The number of rotatable bonds is 8. The van der Waals surface area contributed by atoms with Crippen molar-refractivity contribution in [1.82, 2.24) is 0 Å². The molecule has 202 valence electrons. The fraction of sp³-hybridized carbons (Fsp3) is 0.0714. The van der Waals surface area contributed by atoms with E-state index in [1.54, 1.807) is 48.5 Å². The zero-order valence-electron chi connectivity index (χ0n) is 20.7. The number of phenolic OH excluding ortho intramolecular Hbond substituents is 4. The van der Waals surface area contributed by atoms with Crippen LogP contribution in [0, 0.1) is 0 Å². The van der Waals surface area contributed by atoms with E-state index < -0.39 is 42.4 Å². The number of hydrogen-bond acceptors (Lipinski definition) is 10. The number of hydrogen-bond donors (Lipinski definition) is 4. The van der Waals surface area contributed by atoms with E-state index >= 15 is 0 Å². The summed E-state index contributed by atoms with van der Waals surface area (Å²) in [6, 6.07) is 19.5. The van der Waals surface area contributed by atoms with Gasteiger partial charge in [-0.1, -0.05) is 0 Å². The molecule has 0 aliphatic heterocycles. The summed E-state index contributed by atoms with van der Waals surface area (Å²) in [7, 11) is 2.96. The molecule has 4 rings (SSSR count). The molecule has 11 heteroatoms. The minimum absolute atomic E-state index is 0.267. The third-order valence-corrected chi connectivity index (χ3v) is 12.8. The van der Waals surface area contributed by atoms with Crippen LogP contribution in [0.4, 0.5) is 0 Å². The van der Waals surface area contributed by atoms with Crippen molar-refractivity contribution >= 4 is 38.2 Å². The third kappa shape index (κ3) is 5.80. The molecule has 10 nitrogen and oxygen atoms in total. The maximum absolute atomic E-state index is 13.5. The molecule has 0 saturated heterocycles. The quantitative estimate of drug-likeness (QED) is 0.210. The van der Waals surface area contributed by atoms with Crippen LogP contribution in [0.2, 0.25) is 0 Å². The Hall–Kier alpha value is -4.59. The predicted octanol–water partition coefficient (Wildman–Crippen LogP) is 2.80. The molecule has 4 N–H and O–H groups in total. The molecular weight excluding hydrogens is 624 g/mol. The van der Waals surface area contributed by atoms with E-state index in [4.69, 9.17) is 15.7 Å². The Morgan fingerprint density at radius 1 is 0.564 bits per heavy atom. The van der Waals surface area contributed by atoms with Crippen LogP contribution in [-0.2, 0) is 6.20 Å². The van der Waals surface area contributed by atoms with Crippen molar-refractivity contribution in [1.29, 1.82) is 0 Å². The van der Waals surface area contributed by atoms with Crippen molar-refractivity contribution in [2.75, 3.05) is 14.2 Å². The van der Waals surface area contributed by atoms with Crippen molar-refractivity contribution in [2.45, 2.75) is 0 Å². The van der Waals surface area contributed by atoms with Crippen molar-refractivity contribution in [2.24, 2.45) is 0 Å². The topological polar surface area (TPSA) is 152 Å². The van der Waals surface area contributed by atoms with E-state index in [2.05, 4.69) is 0 Å². The minimum atomic E-state index is -5.11. The first-order valence-electron chi connectivity index (χ1n) is 11.3. The average molecular weight is 648 g/mol. The van der Waals surface area contributed by atoms with Crippen LogP contribution in [0.25, 0.3) is 0 Å². The van der Waals surface area contributed by atoms with Gasteiger partial charge in [-0.3, -0.25) is 0 Å².